The van der Waals surface area contributed by atoms with Crippen LogP contribution in [-0.2, 0) is 4.79 Å². The summed E-state index contributed by atoms with van der Waals surface area (Å²) in [6.45, 7) is 0. The van der Waals surface area contributed by atoms with Gasteiger partial charge in [0.15, 0.2) is 0 Å². The first-order chi connectivity index (χ1) is 8.84. The molecule has 18 heavy (non-hydrogen) atoms. The average molecular weight is 234 g/mol. The van der Waals surface area contributed by atoms with E-state index in [9.17, 15) is 4.79 Å². The van der Waals surface area contributed by atoms with Crippen LogP contribution in [0.25, 0.3) is 16.5 Å². The Morgan fingerprint density at radius 2 is 2.11 bits per heavy atom. The van der Waals surface area contributed by atoms with Crippen LogP contribution in [0, 0.1) is 0 Å². The SMILES string of the molecule is O=C1N=c2c([nH]c3ccccc23)=C2CC=CC=C12. The molecule has 4 rings (SSSR count). The van der Waals surface area contributed by atoms with Crippen molar-refractivity contribution in [3.63, 3.8) is 0 Å². The second-order valence-corrected chi connectivity index (χ2v) is 4.50. The monoisotopic (exact) mass is 234 g/mol. The molecule has 86 valence electrons. The number of benzene rings is 1. The Bertz CT molecular complexity index is 866. The number of amides is 1. The normalized spacial score (nSPS) is 17.2. The molecule has 3 heteroatoms. The second-order valence-electron chi connectivity index (χ2n) is 4.50. The standard InChI is InChI=1S/C15H10N2O/c18-15-10-6-2-1-5-9(10)13-14(17-15)11-7-3-4-8-12(11)16-13/h1-4,6-8,16H,5H2. The van der Waals surface area contributed by atoms with Gasteiger partial charge in [-0.15, -0.1) is 0 Å². The minimum absolute atomic E-state index is 0.133. The first kappa shape index (κ1) is 9.59. The van der Waals surface area contributed by atoms with E-state index >= 15 is 0 Å². The third kappa shape index (κ3) is 1.13. The lowest BCUT2D eigenvalue weighted by atomic mass is 9.95. The van der Waals surface area contributed by atoms with Gasteiger partial charge < -0.3 is 4.98 Å². The summed E-state index contributed by atoms with van der Waals surface area (Å²) in [5.74, 6) is -0.133. The molecule has 0 atom stereocenters. The van der Waals surface area contributed by atoms with Crippen molar-refractivity contribution in [1.82, 2.24) is 4.98 Å². The molecule has 3 nitrogen and oxygen atoms in total. The highest BCUT2D eigenvalue weighted by atomic mass is 16.1. The predicted molar refractivity (Wildman–Crippen MR) is 69.3 cm³/mol. The van der Waals surface area contributed by atoms with Crippen molar-refractivity contribution in [2.45, 2.75) is 6.42 Å². The molecule has 1 aromatic carbocycles. The van der Waals surface area contributed by atoms with Crippen LogP contribution in [0.2, 0.25) is 0 Å². The van der Waals surface area contributed by atoms with E-state index in [1.165, 1.54) is 0 Å². The Balaban J connectivity index is 2.27. The van der Waals surface area contributed by atoms with E-state index in [1.54, 1.807) is 0 Å². The van der Waals surface area contributed by atoms with Crippen LogP contribution in [-0.4, -0.2) is 10.9 Å². The number of hydrogen-bond donors (Lipinski definition) is 1. The molecule has 0 saturated heterocycles. The van der Waals surface area contributed by atoms with Crippen LogP contribution in [0.15, 0.2) is 53.1 Å². The van der Waals surface area contributed by atoms with Crippen LogP contribution in [0.5, 0.6) is 0 Å². The van der Waals surface area contributed by atoms with Crippen molar-refractivity contribution < 1.29 is 4.79 Å². The summed E-state index contributed by atoms with van der Waals surface area (Å²) in [6.07, 6.45) is 6.61. The third-order valence-corrected chi connectivity index (χ3v) is 3.47. The fourth-order valence-electron chi connectivity index (χ4n) is 2.62. The van der Waals surface area contributed by atoms with E-state index in [-0.39, 0.29) is 5.91 Å². The zero-order chi connectivity index (χ0) is 12.1. The first-order valence-corrected chi connectivity index (χ1v) is 5.95. The maximum atomic E-state index is 12.0. The van der Waals surface area contributed by atoms with Gasteiger partial charge in [0, 0.05) is 16.5 Å². The molecule has 2 heterocycles. The van der Waals surface area contributed by atoms with Crippen LogP contribution in [0.3, 0.4) is 0 Å². The van der Waals surface area contributed by atoms with Gasteiger partial charge >= 0.3 is 0 Å². The van der Waals surface area contributed by atoms with Crippen LogP contribution >= 0.6 is 0 Å². The summed E-state index contributed by atoms with van der Waals surface area (Å²) in [5, 5.41) is 2.80. The molecule has 1 aromatic heterocycles. The number of allylic oxidation sites excluding steroid dienone is 3. The van der Waals surface area contributed by atoms with Gasteiger partial charge in [-0.2, -0.15) is 0 Å². The molecule has 0 bridgehead atoms. The van der Waals surface area contributed by atoms with E-state index in [1.807, 2.05) is 36.4 Å². The highest BCUT2D eigenvalue weighted by Crippen LogP contribution is 2.22. The zero-order valence-corrected chi connectivity index (χ0v) is 9.60. The van der Waals surface area contributed by atoms with E-state index in [2.05, 4.69) is 16.1 Å². The summed E-state index contributed by atoms with van der Waals surface area (Å²) in [7, 11) is 0. The Morgan fingerprint density at radius 3 is 3.06 bits per heavy atom. The van der Waals surface area contributed by atoms with E-state index in [4.69, 9.17) is 0 Å². The van der Waals surface area contributed by atoms with Gasteiger partial charge in [-0.05, 0) is 24.1 Å². The van der Waals surface area contributed by atoms with Crippen molar-refractivity contribution in [2.75, 3.05) is 0 Å². The smallest absolute Gasteiger partial charge is 0.277 e. The first-order valence-electron chi connectivity index (χ1n) is 5.95. The summed E-state index contributed by atoms with van der Waals surface area (Å²) in [4.78, 5) is 19.6. The third-order valence-electron chi connectivity index (χ3n) is 3.47. The summed E-state index contributed by atoms with van der Waals surface area (Å²) >= 11 is 0. The fraction of sp³-hybridized carbons (Fsp3) is 0.0667. The molecule has 1 aliphatic carbocycles. The highest BCUT2D eigenvalue weighted by Gasteiger charge is 2.21. The van der Waals surface area contributed by atoms with Gasteiger partial charge in [-0.1, -0.05) is 30.4 Å². The number of carbonyl (C=O) groups is 1. The van der Waals surface area contributed by atoms with Gasteiger partial charge in [0.25, 0.3) is 5.91 Å². The highest BCUT2D eigenvalue weighted by molar-refractivity contribution is 6.08. The van der Waals surface area contributed by atoms with Crippen molar-refractivity contribution in [1.29, 1.82) is 0 Å². The maximum absolute atomic E-state index is 12.0. The van der Waals surface area contributed by atoms with E-state index in [0.717, 1.165) is 39.2 Å². The number of aromatic nitrogens is 1. The number of carbonyl (C=O) groups excluding carboxylic acids is 1. The molecular formula is C15H10N2O. The Hall–Kier alpha value is -2.42. The minimum Gasteiger partial charge on any atom is -0.353 e. The molecule has 2 aromatic rings. The molecule has 0 spiro atoms. The zero-order valence-electron chi connectivity index (χ0n) is 9.60. The number of para-hydroxylation sites is 1. The number of fused-ring (bicyclic) bond motifs is 4. The van der Waals surface area contributed by atoms with Crippen molar-refractivity contribution >= 4 is 22.4 Å². The summed E-state index contributed by atoms with van der Waals surface area (Å²) < 4.78 is 0. The van der Waals surface area contributed by atoms with Gasteiger partial charge in [0.05, 0.1) is 5.35 Å². The quantitative estimate of drug-likeness (QED) is 0.735. The molecule has 0 unspecified atom stereocenters. The number of nitrogens with one attached hydrogen (secondary N) is 1. The van der Waals surface area contributed by atoms with Crippen molar-refractivity contribution in [3.8, 4) is 0 Å². The largest absolute Gasteiger partial charge is 0.353 e. The molecule has 0 saturated carbocycles. The van der Waals surface area contributed by atoms with Crippen LogP contribution < -0.4 is 10.7 Å². The van der Waals surface area contributed by atoms with Crippen molar-refractivity contribution in [3.05, 3.63) is 58.8 Å². The summed E-state index contributed by atoms with van der Waals surface area (Å²) in [6, 6.07) is 7.95. The molecule has 1 aliphatic heterocycles. The number of aromatic amines is 1. The lowest BCUT2D eigenvalue weighted by Gasteiger charge is -2.12. The predicted octanol–water partition coefficient (Wildman–Crippen LogP) is 1.36. The van der Waals surface area contributed by atoms with E-state index in [0.29, 0.717) is 0 Å². The topological polar surface area (TPSA) is 45.2 Å². The van der Waals surface area contributed by atoms with Gasteiger partial charge in [0.1, 0.15) is 5.36 Å². The molecule has 2 aliphatic rings. The number of nitrogens with zero attached hydrogens (tertiary/aromatic N) is 1. The average Bonchev–Trinajstić information content (AvgIpc) is 2.78. The molecule has 0 radical (unpaired) electrons. The fourth-order valence-corrected chi connectivity index (χ4v) is 2.62. The maximum Gasteiger partial charge on any atom is 0.277 e. The molecule has 0 fully saturated rings. The Morgan fingerprint density at radius 1 is 1.22 bits per heavy atom. The molecular weight excluding hydrogens is 224 g/mol. The second kappa shape index (κ2) is 3.29. The lowest BCUT2D eigenvalue weighted by molar-refractivity contribution is -0.114. The van der Waals surface area contributed by atoms with Gasteiger partial charge in [0.2, 0.25) is 0 Å². The number of H-pyrrole nitrogens is 1. The molecule has 1 N–H and O–H groups in total. The number of hydrogen-bond acceptors (Lipinski definition) is 1. The van der Waals surface area contributed by atoms with Crippen LogP contribution in [0.4, 0.5) is 0 Å². The van der Waals surface area contributed by atoms with E-state index < -0.39 is 0 Å². The Kier molecular flexibility index (Phi) is 1.75. The van der Waals surface area contributed by atoms with Crippen LogP contribution in [0.1, 0.15) is 6.42 Å². The lowest BCUT2D eigenvalue weighted by Crippen LogP contribution is -2.33. The van der Waals surface area contributed by atoms with Gasteiger partial charge in [-0.3, -0.25) is 4.79 Å². The molecule has 1 amide bonds. The minimum atomic E-state index is -0.133. The summed E-state index contributed by atoms with van der Waals surface area (Å²) in [5.41, 5.74) is 2.81. The van der Waals surface area contributed by atoms with Crippen molar-refractivity contribution in [2.24, 2.45) is 4.99 Å². The number of rotatable bonds is 0. The Labute approximate surface area is 103 Å². The van der Waals surface area contributed by atoms with Gasteiger partial charge in [-0.25, -0.2) is 4.99 Å².